The number of nitrogens with one attached hydrogen (secondary N) is 2. The second-order valence-corrected chi connectivity index (χ2v) is 8.62. The predicted molar refractivity (Wildman–Crippen MR) is 94.6 cm³/mol. The van der Waals surface area contributed by atoms with Crippen LogP contribution in [-0.2, 0) is 14.4 Å². The zero-order valence-electron chi connectivity index (χ0n) is 15.5. The van der Waals surface area contributed by atoms with Crippen LogP contribution in [0.2, 0.25) is 0 Å². The van der Waals surface area contributed by atoms with Gasteiger partial charge in [0.05, 0.1) is 6.54 Å². The Morgan fingerprint density at radius 1 is 0.960 bits per heavy atom. The van der Waals surface area contributed by atoms with E-state index in [-0.39, 0.29) is 29.7 Å². The van der Waals surface area contributed by atoms with Crippen molar-refractivity contribution in [1.82, 2.24) is 15.5 Å². The monoisotopic (exact) mass is 349 g/mol. The van der Waals surface area contributed by atoms with Crippen molar-refractivity contribution >= 4 is 17.7 Å². The smallest absolute Gasteiger partial charge is 0.241 e. The van der Waals surface area contributed by atoms with Gasteiger partial charge in [0, 0.05) is 32.5 Å². The Labute approximate surface area is 150 Å². The molecule has 2 N–H and O–H groups in total. The summed E-state index contributed by atoms with van der Waals surface area (Å²) >= 11 is 0. The van der Waals surface area contributed by atoms with E-state index < -0.39 is 0 Å². The van der Waals surface area contributed by atoms with Crippen LogP contribution < -0.4 is 10.6 Å². The van der Waals surface area contributed by atoms with Crippen LogP contribution >= 0.6 is 0 Å². The van der Waals surface area contributed by atoms with E-state index in [0.717, 1.165) is 37.0 Å². The fraction of sp³-hybridized carbons (Fsp3) is 0.842. The molecule has 25 heavy (non-hydrogen) atoms. The van der Waals surface area contributed by atoms with E-state index in [9.17, 15) is 14.4 Å². The Morgan fingerprint density at radius 2 is 1.52 bits per heavy atom. The zero-order chi connectivity index (χ0) is 18.0. The number of carbonyl (C=O) groups excluding carboxylic acids is 3. The van der Waals surface area contributed by atoms with E-state index in [1.54, 1.807) is 14.1 Å². The first-order valence-corrected chi connectivity index (χ1v) is 9.63. The number of rotatable bonds is 7. The van der Waals surface area contributed by atoms with E-state index in [1.165, 1.54) is 24.2 Å². The molecular formula is C19H31N3O3. The first-order chi connectivity index (χ1) is 11.9. The SMILES string of the molecule is CN(C)C(=O)CNC(=O)CCCNC(=O)C12CC3CC(CC(C3)C1)C2. The number of hydrogen-bond acceptors (Lipinski definition) is 3. The Hall–Kier alpha value is -1.59. The molecule has 4 aliphatic rings. The molecule has 0 spiro atoms. The van der Waals surface area contributed by atoms with Crippen LogP contribution in [0, 0.1) is 23.2 Å². The minimum absolute atomic E-state index is 0.0332. The zero-order valence-corrected chi connectivity index (χ0v) is 15.5. The maximum Gasteiger partial charge on any atom is 0.241 e. The van der Waals surface area contributed by atoms with Crippen LogP contribution in [0.3, 0.4) is 0 Å². The van der Waals surface area contributed by atoms with Crippen LogP contribution in [-0.4, -0.2) is 49.8 Å². The average Bonchev–Trinajstić information content (AvgIpc) is 2.55. The van der Waals surface area contributed by atoms with Crippen LogP contribution in [0.25, 0.3) is 0 Å². The number of likely N-dealkylation sites (N-methyl/N-ethyl adjacent to an activating group) is 1. The third-order valence-electron chi connectivity index (χ3n) is 6.32. The summed E-state index contributed by atoms with van der Waals surface area (Å²) in [5, 5.41) is 5.70. The molecule has 4 saturated carbocycles. The van der Waals surface area contributed by atoms with Crippen molar-refractivity contribution in [3.63, 3.8) is 0 Å². The summed E-state index contributed by atoms with van der Waals surface area (Å²) in [4.78, 5) is 37.4. The summed E-state index contributed by atoms with van der Waals surface area (Å²) in [5.41, 5.74) is -0.116. The molecule has 6 nitrogen and oxygen atoms in total. The highest BCUT2D eigenvalue weighted by molar-refractivity contribution is 5.85. The lowest BCUT2D eigenvalue weighted by Crippen LogP contribution is -2.53. The van der Waals surface area contributed by atoms with Gasteiger partial charge in [0.15, 0.2) is 0 Å². The van der Waals surface area contributed by atoms with Crippen molar-refractivity contribution in [1.29, 1.82) is 0 Å². The maximum absolute atomic E-state index is 12.8. The maximum atomic E-state index is 12.8. The summed E-state index contributed by atoms with van der Waals surface area (Å²) in [6, 6.07) is 0. The number of amides is 3. The third-order valence-corrected chi connectivity index (χ3v) is 6.32. The Morgan fingerprint density at radius 3 is 2.04 bits per heavy atom. The number of nitrogens with zero attached hydrogens (tertiary/aromatic N) is 1. The van der Waals surface area contributed by atoms with Gasteiger partial charge in [-0.1, -0.05) is 0 Å². The molecule has 4 fully saturated rings. The molecule has 0 atom stereocenters. The summed E-state index contributed by atoms with van der Waals surface area (Å²) in [7, 11) is 3.32. The van der Waals surface area contributed by atoms with Crippen molar-refractivity contribution in [3.05, 3.63) is 0 Å². The summed E-state index contributed by atoms with van der Waals surface area (Å²) in [6.45, 7) is 0.571. The van der Waals surface area contributed by atoms with Crippen LogP contribution in [0.15, 0.2) is 0 Å². The molecule has 4 rings (SSSR count). The second-order valence-electron chi connectivity index (χ2n) is 8.62. The molecular weight excluding hydrogens is 318 g/mol. The molecule has 3 amide bonds. The van der Waals surface area contributed by atoms with Crippen molar-refractivity contribution < 1.29 is 14.4 Å². The Kier molecular flexibility index (Phi) is 5.35. The number of hydrogen-bond donors (Lipinski definition) is 2. The second kappa shape index (κ2) is 7.34. The highest BCUT2D eigenvalue weighted by atomic mass is 16.2. The van der Waals surface area contributed by atoms with Gasteiger partial charge in [-0.05, 0) is 62.7 Å². The topological polar surface area (TPSA) is 78.5 Å². The Bertz CT molecular complexity index is 509. The first kappa shape index (κ1) is 18.2. The lowest BCUT2D eigenvalue weighted by Gasteiger charge is -2.55. The molecule has 4 bridgehead atoms. The molecule has 0 heterocycles. The molecule has 4 aliphatic carbocycles. The Balaban J connectivity index is 1.36. The fourth-order valence-electron chi connectivity index (χ4n) is 5.45. The first-order valence-electron chi connectivity index (χ1n) is 9.63. The standard InChI is InChI=1S/C19H31N3O3/c1-22(2)17(24)12-21-16(23)4-3-5-20-18(25)19-9-13-6-14(10-19)8-15(7-13)11-19/h13-15H,3-12H2,1-2H3,(H,20,25)(H,21,23). The fourth-order valence-corrected chi connectivity index (χ4v) is 5.45. The van der Waals surface area contributed by atoms with Crippen molar-refractivity contribution in [2.75, 3.05) is 27.2 Å². The highest BCUT2D eigenvalue weighted by Crippen LogP contribution is 2.60. The van der Waals surface area contributed by atoms with E-state index in [0.29, 0.717) is 19.4 Å². The van der Waals surface area contributed by atoms with Gasteiger partial charge in [0.25, 0.3) is 0 Å². The van der Waals surface area contributed by atoms with E-state index >= 15 is 0 Å². The molecule has 0 aromatic rings. The van der Waals surface area contributed by atoms with Crippen LogP contribution in [0.5, 0.6) is 0 Å². The minimum atomic E-state index is -0.140. The largest absolute Gasteiger partial charge is 0.356 e. The van der Waals surface area contributed by atoms with Gasteiger partial charge in [-0.3, -0.25) is 14.4 Å². The lowest BCUT2D eigenvalue weighted by atomic mass is 9.49. The average molecular weight is 349 g/mol. The van der Waals surface area contributed by atoms with Gasteiger partial charge in [0.2, 0.25) is 17.7 Å². The minimum Gasteiger partial charge on any atom is -0.356 e. The van der Waals surface area contributed by atoms with Crippen molar-refractivity contribution in [2.24, 2.45) is 23.2 Å². The quantitative estimate of drug-likeness (QED) is 0.680. The van der Waals surface area contributed by atoms with Gasteiger partial charge in [-0.25, -0.2) is 0 Å². The lowest BCUT2D eigenvalue weighted by molar-refractivity contribution is -0.146. The molecule has 0 unspecified atom stereocenters. The molecule has 0 radical (unpaired) electrons. The normalized spacial score (nSPS) is 32.3. The molecule has 0 aromatic heterocycles. The molecule has 6 heteroatoms. The van der Waals surface area contributed by atoms with E-state index in [2.05, 4.69) is 10.6 Å². The third kappa shape index (κ3) is 4.15. The van der Waals surface area contributed by atoms with Crippen molar-refractivity contribution in [2.45, 2.75) is 51.4 Å². The highest BCUT2D eigenvalue weighted by Gasteiger charge is 2.54. The molecule has 0 aliphatic heterocycles. The van der Waals surface area contributed by atoms with Gasteiger partial charge < -0.3 is 15.5 Å². The molecule has 0 aromatic carbocycles. The predicted octanol–water partition coefficient (Wildman–Crippen LogP) is 1.30. The van der Waals surface area contributed by atoms with Gasteiger partial charge in [0.1, 0.15) is 0 Å². The molecule has 0 saturated heterocycles. The van der Waals surface area contributed by atoms with Crippen LogP contribution in [0.4, 0.5) is 0 Å². The summed E-state index contributed by atoms with van der Waals surface area (Å²) in [6.07, 6.45) is 8.14. The molecule has 140 valence electrons. The van der Waals surface area contributed by atoms with Gasteiger partial charge >= 0.3 is 0 Å². The van der Waals surface area contributed by atoms with Crippen molar-refractivity contribution in [3.8, 4) is 0 Å². The summed E-state index contributed by atoms with van der Waals surface area (Å²) < 4.78 is 0. The summed E-state index contributed by atoms with van der Waals surface area (Å²) in [5.74, 6) is 2.24. The van der Waals surface area contributed by atoms with Crippen LogP contribution in [0.1, 0.15) is 51.4 Å². The van der Waals surface area contributed by atoms with Gasteiger partial charge in [-0.15, -0.1) is 0 Å². The number of carbonyl (C=O) groups is 3. The van der Waals surface area contributed by atoms with Gasteiger partial charge in [-0.2, -0.15) is 0 Å². The van der Waals surface area contributed by atoms with E-state index in [4.69, 9.17) is 0 Å². The van der Waals surface area contributed by atoms with E-state index in [1.807, 2.05) is 0 Å².